The SMILES string of the molecule is CC(C)CC(N)C(CO)Oc1ccc(C(C)C)cc1. The molecular weight excluding hydrogens is 238 g/mol. The number of ether oxygens (including phenoxy) is 1. The number of aliphatic hydroxyl groups excluding tert-OH is 1. The van der Waals surface area contributed by atoms with E-state index in [0.29, 0.717) is 11.8 Å². The Morgan fingerprint density at radius 1 is 1.11 bits per heavy atom. The lowest BCUT2D eigenvalue weighted by molar-refractivity contribution is 0.0881. The fraction of sp³-hybridized carbons (Fsp3) is 0.625. The van der Waals surface area contributed by atoms with E-state index in [9.17, 15) is 5.11 Å². The monoisotopic (exact) mass is 265 g/mol. The first-order valence-electron chi connectivity index (χ1n) is 7.07. The zero-order valence-electron chi connectivity index (χ0n) is 12.5. The van der Waals surface area contributed by atoms with Crippen LogP contribution in [0.15, 0.2) is 24.3 Å². The Balaban J connectivity index is 2.65. The first-order chi connectivity index (χ1) is 8.93. The summed E-state index contributed by atoms with van der Waals surface area (Å²) in [7, 11) is 0. The number of hydrogen-bond acceptors (Lipinski definition) is 3. The molecule has 0 saturated carbocycles. The molecule has 108 valence electrons. The average molecular weight is 265 g/mol. The fourth-order valence-corrected chi connectivity index (χ4v) is 2.06. The summed E-state index contributed by atoms with van der Waals surface area (Å²) in [6.45, 7) is 8.49. The fourth-order valence-electron chi connectivity index (χ4n) is 2.06. The van der Waals surface area contributed by atoms with Crippen LogP contribution in [0.3, 0.4) is 0 Å². The van der Waals surface area contributed by atoms with Crippen molar-refractivity contribution in [1.82, 2.24) is 0 Å². The molecule has 1 rings (SSSR count). The maximum atomic E-state index is 9.41. The van der Waals surface area contributed by atoms with E-state index in [0.717, 1.165) is 12.2 Å². The van der Waals surface area contributed by atoms with Gasteiger partial charge in [0.1, 0.15) is 11.9 Å². The van der Waals surface area contributed by atoms with Crippen molar-refractivity contribution >= 4 is 0 Å². The molecular formula is C16H27NO2. The minimum Gasteiger partial charge on any atom is -0.486 e. The van der Waals surface area contributed by atoms with Gasteiger partial charge >= 0.3 is 0 Å². The van der Waals surface area contributed by atoms with Crippen LogP contribution in [0.1, 0.15) is 45.6 Å². The molecule has 2 unspecified atom stereocenters. The quantitative estimate of drug-likeness (QED) is 0.797. The van der Waals surface area contributed by atoms with E-state index in [4.69, 9.17) is 10.5 Å². The number of nitrogens with two attached hydrogens (primary N) is 1. The van der Waals surface area contributed by atoms with E-state index in [-0.39, 0.29) is 18.8 Å². The molecule has 2 atom stereocenters. The standard InChI is InChI=1S/C16H27NO2/c1-11(2)9-15(17)16(10-18)19-14-7-5-13(6-8-14)12(3)4/h5-8,11-12,15-16,18H,9-10,17H2,1-4H3. The van der Waals surface area contributed by atoms with Gasteiger partial charge in [-0.25, -0.2) is 0 Å². The molecule has 3 N–H and O–H groups in total. The molecule has 0 aliphatic rings. The van der Waals surface area contributed by atoms with E-state index in [1.165, 1.54) is 5.56 Å². The van der Waals surface area contributed by atoms with Gasteiger partial charge in [-0.05, 0) is 36.0 Å². The van der Waals surface area contributed by atoms with Crippen LogP contribution < -0.4 is 10.5 Å². The van der Waals surface area contributed by atoms with Crippen molar-refractivity contribution in [2.45, 2.75) is 52.2 Å². The number of aliphatic hydroxyl groups is 1. The molecule has 0 aliphatic carbocycles. The molecule has 0 saturated heterocycles. The van der Waals surface area contributed by atoms with E-state index in [1.54, 1.807) is 0 Å². The van der Waals surface area contributed by atoms with Crippen molar-refractivity contribution in [3.05, 3.63) is 29.8 Å². The molecule has 0 radical (unpaired) electrons. The molecule has 0 bridgehead atoms. The summed E-state index contributed by atoms with van der Waals surface area (Å²) in [4.78, 5) is 0. The van der Waals surface area contributed by atoms with Crippen LogP contribution in [0.4, 0.5) is 0 Å². The molecule has 19 heavy (non-hydrogen) atoms. The van der Waals surface area contributed by atoms with Crippen LogP contribution >= 0.6 is 0 Å². The van der Waals surface area contributed by atoms with Crippen LogP contribution in [0, 0.1) is 5.92 Å². The predicted molar refractivity (Wildman–Crippen MR) is 79.5 cm³/mol. The Bertz CT molecular complexity index is 360. The second kappa shape index (κ2) is 7.51. The summed E-state index contributed by atoms with van der Waals surface area (Å²) in [6.07, 6.45) is 0.502. The Hall–Kier alpha value is -1.06. The minimum absolute atomic E-state index is 0.0557. The molecule has 0 aromatic heterocycles. The number of hydrogen-bond donors (Lipinski definition) is 2. The molecule has 0 aliphatic heterocycles. The molecule has 0 spiro atoms. The second-order valence-corrected chi connectivity index (χ2v) is 5.86. The lowest BCUT2D eigenvalue weighted by Gasteiger charge is -2.24. The smallest absolute Gasteiger partial charge is 0.137 e. The van der Waals surface area contributed by atoms with Gasteiger partial charge in [0.25, 0.3) is 0 Å². The first kappa shape index (κ1) is 16.0. The van der Waals surface area contributed by atoms with E-state index in [2.05, 4.69) is 39.8 Å². The summed E-state index contributed by atoms with van der Waals surface area (Å²) in [5.41, 5.74) is 7.35. The lowest BCUT2D eigenvalue weighted by atomic mass is 10.00. The van der Waals surface area contributed by atoms with Gasteiger partial charge in [0, 0.05) is 6.04 Å². The number of rotatable bonds is 7. The van der Waals surface area contributed by atoms with Gasteiger partial charge in [0.05, 0.1) is 6.61 Å². The molecule has 0 heterocycles. The van der Waals surface area contributed by atoms with Crippen molar-refractivity contribution in [2.24, 2.45) is 11.7 Å². The number of benzene rings is 1. The lowest BCUT2D eigenvalue weighted by Crippen LogP contribution is -2.42. The van der Waals surface area contributed by atoms with Crippen molar-refractivity contribution < 1.29 is 9.84 Å². The maximum absolute atomic E-state index is 9.41. The normalized spacial score (nSPS) is 14.7. The molecule has 1 aromatic carbocycles. The van der Waals surface area contributed by atoms with Crippen LogP contribution in [-0.4, -0.2) is 23.9 Å². The predicted octanol–water partition coefficient (Wildman–Crippen LogP) is 2.92. The van der Waals surface area contributed by atoms with Crippen molar-refractivity contribution in [3.63, 3.8) is 0 Å². The van der Waals surface area contributed by atoms with Crippen molar-refractivity contribution in [2.75, 3.05) is 6.61 Å². The van der Waals surface area contributed by atoms with E-state index >= 15 is 0 Å². The highest BCUT2D eigenvalue weighted by molar-refractivity contribution is 5.29. The summed E-state index contributed by atoms with van der Waals surface area (Å²) >= 11 is 0. The summed E-state index contributed by atoms with van der Waals surface area (Å²) in [5, 5.41) is 9.41. The Kier molecular flexibility index (Phi) is 6.32. The summed E-state index contributed by atoms with van der Waals surface area (Å²) in [6, 6.07) is 7.86. The van der Waals surface area contributed by atoms with Crippen molar-refractivity contribution in [3.8, 4) is 5.75 Å². The second-order valence-electron chi connectivity index (χ2n) is 5.86. The van der Waals surface area contributed by atoms with Gasteiger partial charge in [0.2, 0.25) is 0 Å². The highest BCUT2D eigenvalue weighted by Crippen LogP contribution is 2.20. The summed E-state index contributed by atoms with van der Waals surface area (Å²) in [5.74, 6) is 1.77. The largest absolute Gasteiger partial charge is 0.486 e. The van der Waals surface area contributed by atoms with Crippen LogP contribution in [0.25, 0.3) is 0 Å². The van der Waals surface area contributed by atoms with Gasteiger partial charge in [-0.2, -0.15) is 0 Å². The van der Waals surface area contributed by atoms with Gasteiger partial charge < -0.3 is 15.6 Å². The first-order valence-corrected chi connectivity index (χ1v) is 7.07. The van der Waals surface area contributed by atoms with E-state index < -0.39 is 0 Å². The van der Waals surface area contributed by atoms with Gasteiger partial charge in [0.15, 0.2) is 0 Å². The zero-order valence-corrected chi connectivity index (χ0v) is 12.5. The molecule has 0 fully saturated rings. The third-order valence-corrected chi connectivity index (χ3v) is 3.24. The van der Waals surface area contributed by atoms with Gasteiger partial charge in [-0.1, -0.05) is 39.8 Å². The molecule has 3 nitrogen and oxygen atoms in total. The Labute approximate surface area is 116 Å². The highest BCUT2D eigenvalue weighted by atomic mass is 16.5. The topological polar surface area (TPSA) is 55.5 Å². The van der Waals surface area contributed by atoms with Crippen LogP contribution in [0.5, 0.6) is 5.75 Å². The third-order valence-electron chi connectivity index (χ3n) is 3.24. The zero-order chi connectivity index (χ0) is 14.4. The highest BCUT2D eigenvalue weighted by Gasteiger charge is 2.19. The molecule has 3 heteroatoms. The Morgan fingerprint density at radius 2 is 1.68 bits per heavy atom. The Morgan fingerprint density at radius 3 is 2.11 bits per heavy atom. The third kappa shape index (κ3) is 5.21. The van der Waals surface area contributed by atoms with Gasteiger partial charge in [-0.3, -0.25) is 0 Å². The van der Waals surface area contributed by atoms with Gasteiger partial charge in [-0.15, -0.1) is 0 Å². The van der Waals surface area contributed by atoms with Crippen LogP contribution in [0.2, 0.25) is 0 Å². The van der Waals surface area contributed by atoms with Crippen molar-refractivity contribution in [1.29, 1.82) is 0 Å². The van der Waals surface area contributed by atoms with Crippen LogP contribution in [-0.2, 0) is 0 Å². The molecule has 1 aromatic rings. The average Bonchev–Trinajstić information content (AvgIpc) is 2.35. The minimum atomic E-state index is -0.340. The van der Waals surface area contributed by atoms with E-state index in [1.807, 2.05) is 12.1 Å². The molecule has 0 amide bonds. The summed E-state index contributed by atoms with van der Waals surface area (Å²) < 4.78 is 5.79. The maximum Gasteiger partial charge on any atom is 0.137 e.